The molecule has 0 saturated heterocycles. The van der Waals surface area contributed by atoms with E-state index in [4.69, 9.17) is 10.5 Å². The monoisotopic (exact) mass is 271 g/mol. The Kier molecular flexibility index (Phi) is 3.70. The van der Waals surface area contributed by atoms with Gasteiger partial charge < -0.3 is 10.5 Å². The molecule has 1 unspecified atom stereocenters. The van der Waals surface area contributed by atoms with Crippen molar-refractivity contribution in [3.63, 3.8) is 0 Å². The molecule has 0 aromatic heterocycles. The lowest BCUT2D eigenvalue weighted by atomic mass is 9.89. The Labute approximate surface area is 118 Å². The molecule has 104 valence electrons. The van der Waals surface area contributed by atoms with Gasteiger partial charge in [-0.25, -0.2) is 4.39 Å². The summed E-state index contributed by atoms with van der Waals surface area (Å²) >= 11 is 0. The third-order valence-electron chi connectivity index (χ3n) is 3.83. The van der Waals surface area contributed by atoms with Crippen molar-refractivity contribution in [3.05, 3.63) is 65.0 Å². The van der Waals surface area contributed by atoms with Crippen molar-refractivity contribution in [1.82, 2.24) is 0 Å². The lowest BCUT2D eigenvalue weighted by Gasteiger charge is -2.25. The van der Waals surface area contributed by atoms with Gasteiger partial charge in [0, 0.05) is 0 Å². The van der Waals surface area contributed by atoms with E-state index in [9.17, 15) is 4.39 Å². The highest BCUT2D eigenvalue weighted by molar-refractivity contribution is 5.41. The van der Waals surface area contributed by atoms with Crippen LogP contribution in [-0.4, -0.2) is 0 Å². The van der Waals surface area contributed by atoms with Crippen molar-refractivity contribution in [2.45, 2.75) is 32.0 Å². The highest BCUT2D eigenvalue weighted by atomic mass is 19.1. The van der Waals surface area contributed by atoms with Crippen LogP contribution in [0, 0.1) is 5.82 Å². The molecule has 0 fully saturated rings. The largest absolute Gasteiger partial charge is 0.396 e. The van der Waals surface area contributed by atoms with E-state index in [2.05, 4.69) is 18.2 Å². The van der Waals surface area contributed by atoms with Crippen LogP contribution in [0.3, 0.4) is 0 Å². The van der Waals surface area contributed by atoms with Crippen LogP contribution in [-0.2, 0) is 17.8 Å². The minimum Gasteiger partial charge on any atom is -0.396 e. The maximum atomic E-state index is 13.4. The average Bonchev–Trinajstić information content (AvgIpc) is 2.48. The fourth-order valence-corrected chi connectivity index (χ4v) is 2.74. The summed E-state index contributed by atoms with van der Waals surface area (Å²) in [5.74, 6) is -0.379. The fourth-order valence-electron chi connectivity index (χ4n) is 2.74. The molecular weight excluding hydrogens is 253 g/mol. The summed E-state index contributed by atoms with van der Waals surface area (Å²) in [5, 5.41) is 0. The highest BCUT2D eigenvalue weighted by Crippen LogP contribution is 2.33. The van der Waals surface area contributed by atoms with E-state index >= 15 is 0 Å². The first-order chi connectivity index (χ1) is 9.74. The zero-order chi connectivity index (χ0) is 13.9. The molecular formula is C17H18FNO. The Bertz CT molecular complexity index is 612. The van der Waals surface area contributed by atoms with Crippen molar-refractivity contribution < 1.29 is 9.13 Å². The third kappa shape index (κ3) is 2.68. The van der Waals surface area contributed by atoms with Gasteiger partial charge in [-0.3, -0.25) is 0 Å². The Balaban J connectivity index is 1.71. The number of rotatable bonds is 3. The zero-order valence-electron chi connectivity index (χ0n) is 11.3. The lowest BCUT2D eigenvalue weighted by molar-refractivity contribution is 0.0281. The quantitative estimate of drug-likeness (QED) is 0.856. The molecule has 2 aromatic carbocycles. The number of benzene rings is 2. The lowest BCUT2D eigenvalue weighted by Crippen LogP contribution is -2.12. The normalized spacial score (nSPS) is 17.8. The summed E-state index contributed by atoms with van der Waals surface area (Å²) in [6.45, 7) is 0.413. The van der Waals surface area contributed by atoms with E-state index in [1.54, 1.807) is 6.07 Å². The Hall–Kier alpha value is -1.87. The van der Waals surface area contributed by atoms with Crippen molar-refractivity contribution >= 4 is 5.69 Å². The molecule has 0 spiro atoms. The molecule has 0 aliphatic heterocycles. The molecule has 3 rings (SSSR count). The first-order valence-electron chi connectivity index (χ1n) is 6.97. The number of aryl methyl sites for hydroxylation is 1. The molecule has 2 nitrogen and oxygen atoms in total. The topological polar surface area (TPSA) is 35.2 Å². The summed E-state index contributed by atoms with van der Waals surface area (Å²) in [7, 11) is 0. The third-order valence-corrected chi connectivity index (χ3v) is 3.83. The first kappa shape index (κ1) is 13.1. The molecule has 0 amide bonds. The SMILES string of the molecule is Nc1ccc(COC2CCCc3ccccc32)cc1F. The molecule has 0 saturated carbocycles. The van der Waals surface area contributed by atoms with Gasteiger partial charge in [-0.1, -0.05) is 30.3 Å². The number of nitrogen functional groups attached to an aromatic ring is 1. The second-order valence-electron chi connectivity index (χ2n) is 5.25. The Morgan fingerprint density at radius 2 is 2.05 bits per heavy atom. The number of fused-ring (bicyclic) bond motifs is 1. The summed E-state index contributed by atoms with van der Waals surface area (Å²) in [6, 6.07) is 13.2. The average molecular weight is 271 g/mol. The maximum Gasteiger partial charge on any atom is 0.146 e. The minimum atomic E-state index is -0.379. The van der Waals surface area contributed by atoms with E-state index in [-0.39, 0.29) is 17.6 Å². The second-order valence-corrected chi connectivity index (χ2v) is 5.25. The zero-order valence-corrected chi connectivity index (χ0v) is 11.3. The molecule has 2 aromatic rings. The summed E-state index contributed by atoms with van der Waals surface area (Å²) in [5.41, 5.74) is 9.11. The smallest absolute Gasteiger partial charge is 0.146 e. The molecule has 0 bridgehead atoms. The van der Waals surface area contributed by atoms with Crippen LogP contribution in [0.5, 0.6) is 0 Å². The number of hydrogen-bond acceptors (Lipinski definition) is 2. The van der Waals surface area contributed by atoms with E-state index < -0.39 is 0 Å². The summed E-state index contributed by atoms with van der Waals surface area (Å²) < 4.78 is 19.4. The van der Waals surface area contributed by atoms with Gasteiger partial charge in [-0.15, -0.1) is 0 Å². The summed E-state index contributed by atoms with van der Waals surface area (Å²) in [4.78, 5) is 0. The van der Waals surface area contributed by atoms with Crippen LogP contribution in [0.4, 0.5) is 10.1 Å². The number of hydrogen-bond donors (Lipinski definition) is 1. The Morgan fingerprint density at radius 3 is 2.90 bits per heavy atom. The van der Waals surface area contributed by atoms with Gasteiger partial charge in [0.1, 0.15) is 5.82 Å². The van der Waals surface area contributed by atoms with E-state index in [1.165, 1.54) is 17.2 Å². The van der Waals surface area contributed by atoms with Crippen LogP contribution in [0.1, 0.15) is 35.6 Å². The van der Waals surface area contributed by atoms with Gasteiger partial charge in [-0.2, -0.15) is 0 Å². The predicted molar refractivity (Wildman–Crippen MR) is 77.7 cm³/mol. The van der Waals surface area contributed by atoms with Crippen molar-refractivity contribution in [3.8, 4) is 0 Å². The van der Waals surface area contributed by atoms with Gasteiger partial charge in [0.15, 0.2) is 0 Å². The summed E-state index contributed by atoms with van der Waals surface area (Å²) in [6.07, 6.45) is 3.39. The number of halogens is 1. The molecule has 3 heteroatoms. The van der Waals surface area contributed by atoms with Crippen LogP contribution in [0.25, 0.3) is 0 Å². The minimum absolute atomic E-state index is 0.112. The Morgan fingerprint density at radius 1 is 1.20 bits per heavy atom. The van der Waals surface area contributed by atoms with Crippen LogP contribution >= 0.6 is 0 Å². The predicted octanol–water partition coefficient (Wildman–Crippen LogP) is 4.00. The highest BCUT2D eigenvalue weighted by Gasteiger charge is 2.20. The van der Waals surface area contributed by atoms with E-state index in [1.807, 2.05) is 12.1 Å². The first-order valence-corrected chi connectivity index (χ1v) is 6.97. The molecule has 1 aliphatic carbocycles. The van der Waals surface area contributed by atoms with Gasteiger partial charge in [-0.05, 0) is 48.1 Å². The maximum absolute atomic E-state index is 13.4. The van der Waals surface area contributed by atoms with Crippen molar-refractivity contribution in [2.75, 3.05) is 5.73 Å². The van der Waals surface area contributed by atoms with Gasteiger partial charge >= 0.3 is 0 Å². The van der Waals surface area contributed by atoms with Gasteiger partial charge in [0.25, 0.3) is 0 Å². The molecule has 1 atom stereocenters. The van der Waals surface area contributed by atoms with Crippen LogP contribution < -0.4 is 5.73 Å². The number of ether oxygens (including phenoxy) is 1. The standard InChI is InChI=1S/C17H18FNO/c18-15-10-12(8-9-16(15)19)11-20-17-7-3-5-13-4-1-2-6-14(13)17/h1-2,4,6,8-10,17H,3,5,7,11,19H2. The molecule has 0 radical (unpaired) electrons. The van der Waals surface area contributed by atoms with Gasteiger partial charge in [0.2, 0.25) is 0 Å². The van der Waals surface area contributed by atoms with Crippen LogP contribution in [0.2, 0.25) is 0 Å². The second kappa shape index (κ2) is 5.63. The fraction of sp³-hybridized carbons (Fsp3) is 0.294. The van der Waals surface area contributed by atoms with Gasteiger partial charge in [0.05, 0.1) is 18.4 Å². The number of nitrogens with two attached hydrogens (primary N) is 1. The van der Waals surface area contributed by atoms with Crippen molar-refractivity contribution in [2.24, 2.45) is 0 Å². The van der Waals surface area contributed by atoms with Crippen LogP contribution in [0.15, 0.2) is 42.5 Å². The van der Waals surface area contributed by atoms with E-state index in [0.29, 0.717) is 6.61 Å². The molecule has 1 aliphatic rings. The number of anilines is 1. The van der Waals surface area contributed by atoms with Crippen molar-refractivity contribution in [1.29, 1.82) is 0 Å². The molecule has 2 N–H and O–H groups in total. The molecule has 0 heterocycles. The van der Waals surface area contributed by atoms with E-state index in [0.717, 1.165) is 24.8 Å². The molecule has 20 heavy (non-hydrogen) atoms.